The Balaban J connectivity index is 1.84. The average molecular weight is 746 g/mol. The Morgan fingerprint density at radius 2 is 1.52 bits per heavy atom. The zero-order chi connectivity index (χ0) is 33.4. The van der Waals surface area contributed by atoms with Crippen molar-refractivity contribution in [3.8, 4) is 0 Å². The number of hydrogen-bond donors (Lipinski definition) is 1. The van der Waals surface area contributed by atoms with E-state index in [-0.39, 0.29) is 35.5 Å². The van der Waals surface area contributed by atoms with Gasteiger partial charge in [-0.15, -0.1) is 0 Å². The normalized spacial score (nSPS) is 12.7. The Kier molecular flexibility index (Phi) is 12.3. The summed E-state index contributed by atoms with van der Waals surface area (Å²) in [5, 5.41) is 3.66. The molecule has 46 heavy (non-hydrogen) atoms. The molecule has 0 bridgehead atoms. The molecule has 0 aliphatic heterocycles. The monoisotopic (exact) mass is 743 g/mol. The lowest BCUT2D eigenvalue weighted by molar-refractivity contribution is -0.140. The van der Waals surface area contributed by atoms with Gasteiger partial charge in [0.2, 0.25) is 11.8 Å². The number of halogens is 3. The summed E-state index contributed by atoms with van der Waals surface area (Å²) in [6.07, 6.45) is 0.859. The fourth-order valence-corrected chi connectivity index (χ4v) is 7.16. The van der Waals surface area contributed by atoms with Gasteiger partial charge in [0.25, 0.3) is 10.0 Å². The first-order valence-electron chi connectivity index (χ1n) is 14.8. The minimum absolute atomic E-state index is 0.0296. The molecule has 0 unspecified atom stereocenters. The second kappa shape index (κ2) is 16.0. The molecule has 4 aromatic carbocycles. The summed E-state index contributed by atoms with van der Waals surface area (Å²) >= 11 is 16.6. The van der Waals surface area contributed by atoms with Gasteiger partial charge in [-0.2, -0.15) is 0 Å². The molecule has 0 aliphatic rings. The third-order valence-electron chi connectivity index (χ3n) is 7.65. The lowest BCUT2D eigenvalue weighted by Gasteiger charge is -2.34. The quantitative estimate of drug-likeness (QED) is 0.151. The predicted octanol–water partition coefficient (Wildman–Crippen LogP) is 7.81. The fourth-order valence-electron chi connectivity index (χ4n) is 4.85. The Morgan fingerprint density at radius 3 is 2.13 bits per heavy atom. The van der Waals surface area contributed by atoms with E-state index in [1.54, 1.807) is 54.6 Å². The summed E-state index contributed by atoms with van der Waals surface area (Å²) in [6, 6.07) is 26.3. The Labute approximate surface area is 289 Å². The van der Waals surface area contributed by atoms with E-state index in [9.17, 15) is 18.0 Å². The zero-order valence-electron chi connectivity index (χ0n) is 25.8. The molecule has 242 valence electrons. The van der Waals surface area contributed by atoms with Crippen molar-refractivity contribution < 1.29 is 18.0 Å². The molecule has 1 N–H and O–H groups in total. The van der Waals surface area contributed by atoms with Gasteiger partial charge in [-0.25, -0.2) is 8.42 Å². The number of amides is 2. The summed E-state index contributed by atoms with van der Waals surface area (Å²) < 4.78 is 30.1. The van der Waals surface area contributed by atoms with Gasteiger partial charge >= 0.3 is 0 Å². The minimum Gasteiger partial charge on any atom is -0.352 e. The zero-order valence-corrected chi connectivity index (χ0v) is 29.7. The standard InChI is InChI=1S/C35H36BrCl2N3O4S/c1-4-25(3)39-35(43)33(20-26-10-6-5-7-11-26)40(22-30-31(37)14-9-15-32(30)38)34(42)23-41(28-13-8-12-27(36)21-28)46(44,45)29-18-16-24(2)17-19-29/h5-19,21,25,33H,4,20,22-23H2,1-3H3,(H,39,43)/t25-,33-/m0/s1. The first-order valence-corrected chi connectivity index (χ1v) is 17.8. The van der Waals surface area contributed by atoms with Crippen LogP contribution in [0.2, 0.25) is 10.0 Å². The number of nitrogens with zero attached hydrogens (tertiary/aromatic N) is 2. The van der Waals surface area contributed by atoms with Gasteiger partial charge in [-0.3, -0.25) is 13.9 Å². The molecule has 0 saturated carbocycles. The van der Waals surface area contributed by atoms with E-state index in [4.69, 9.17) is 23.2 Å². The number of rotatable bonds is 13. The van der Waals surface area contributed by atoms with Crippen molar-refractivity contribution in [3.63, 3.8) is 0 Å². The topological polar surface area (TPSA) is 86.8 Å². The maximum Gasteiger partial charge on any atom is 0.264 e. The third kappa shape index (κ3) is 8.91. The highest BCUT2D eigenvalue weighted by atomic mass is 79.9. The summed E-state index contributed by atoms with van der Waals surface area (Å²) in [5.74, 6) is -0.975. The highest BCUT2D eigenvalue weighted by Gasteiger charge is 2.35. The summed E-state index contributed by atoms with van der Waals surface area (Å²) in [5.41, 5.74) is 2.44. The van der Waals surface area contributed by atoms with Gasteiger partial charge in [-0.05, 0) is 68.3 Å². The van der Waals surface area contributed by atoms with Crippen molar-refractivity contribution >= 4 is 66.7 Å². The minimum atomic E-state index is -4.22. The summed E-state index contributed by atoms with van der Waals surface area (Å²) in [6.45, 7) is 4.99. The molecule has 4 aromatic rings. The number of benzene rings is 4. The maximum atomic E-state index is 14.6. The molecule has 2 atom stereocenters. The van der Waals surface area contributed by atoms with Crippen LogP contribution < -0.4 is 9.62 Å². The van der Waals surface area contributed by atoms with Gasteiger partial charge in [0.15, 0.2) is 0 Å². The Bertz CT molecular complexity index is 1750. The lowest BCUT2D eigenvalue weighted by Crippen LogP contribution is -2.54. The summed E-state index contributed by atoms with van der Waals surface area (Å²) in [7, 11) is -4.22. The molecule has 0 fully saturated rings. The number of nitrogens with one attached hydrogen (secondary N) is 1. The van der Waals surface area contributed by atoms with Crippen LogP contribution in [-0.4, -0.2) is 43.8 Å². The Morgan fingerprint density at radius 1 is 0.891 bits per heavy atom. The van der Waals surface area contributed by atoms with Crippen LogP contribution in [0.15, 0.2) is 106 Å². The first-order chi connectivity index (χ1) is 21.9. The molecule has 0 spiro atoms. The van der Waals surface area contributed by atoms with E-state index in [0.29, 0.717) is 26.5 Å². The number of aryl methyl sites for hydroxylation is 1. The highest BCUT2D eigenvalue weighted by Crippen LogP contribution is 2.30. The highest BCUT2D eigenvalue weighted by molar-refractivity contribution is 9.10. The van der Waals surface area contributed by atoms with Crippen molar-refractivity contribution in [2.75, 3.05) is 10.8 Å². The van der Waals surface area contributed by atoms with Crippen molar-refractivity contribution in [2.24, 2.45) is 0 Å². The van der Waals surface area contributed by atoms with Gasteiger partial charge < -0.3 is 10.2 Å². The van der Waals surface area contributed by atoms with Crippen LogP contribution in [0.25, 0.3) is 0 Å². The molecule has 0 radical (unpaired) electrons. The average Bonchev–Trinajstić information content (AvgIpc) is 3.03. The van der Waals surface area contributed by atoms with E-state index in [0.717, 1.165) is 15.4 Å². The summed E-state index contributed by atoms with van der Waals surface area (Å²) in [4.78, 5) is 30.0. The number of carbonyl (C=O) groups is 2. The van der Waals surface area contributed by atoms with Gasteiger partial charge in [0.05, 0.1) is 10.6 Å². The van der Waals surface area contributed by atoms with Crippen LogP contribution in [0.5, 0.6) is 0 Å². The molecule has 2 amide bonds. The van der Waals surface area contributed by atoms with Gasteiger partial charge in [-0.1, -0.05) is 106 Å². The predicted molar refractivity (Wildman–Crippen MR) is 189 cm³/mol. The van der Waals surface area contributed by atoms with Crippen molar-refractivity contribution in [1.82, 2.24) is 10.2 Å². The van der Waals surface area contributed by atoms with Crippen LogP contribution in [0, 0.1) is 6.92 Å². The van der Waals surface area contributed by atoms with Crippen LogP contribution in [-0.2, 0) is 32.6 Å². The molecule has 11 heteroatoms. The number of anilines is 1. The van der Waals surface area contributed by atoms with E-state index in [1.807, 2.05) is 51.1 Å². The number of hydrogen-bond acceptors (Lipinski definition) is 4. The molecule has 0 heterocycles. The molecule has 0 aliphatic carbocycles. The molecule has 4 rings (SSSR count). The lowest BCUT2D eigenvalue weighted by atomic mass is 10.0. The Hall–Kier alpha value is -3.37. The van der Waals surface area contributed by atoms with Crippen LogP contribution in [0.1, 0.15) is 37.0 Å². The van der Waals surface area contributed by atoms with Crippen molar-refractivity contribution in [3.05, 3.63) is 128 Å². The molecule has 0 saturated heterocycles. The first kappa shape index (κ1) is 35.5. The molecular formula is C35H36BrCl2N3O4S. The third-order valence-corrected chi connectivity index (χ3v) is 10.6. The van der Waals surface area contributed by atoms with Gasteiger partial charge in [0, 0.05) is 39.1 Å². The number of sulfonamides is 1. The second-order valence-electron chi connectivity index (χ2n) is 11.0. The van der Waals surface area contributed by atoms with Crippen LogP contribution in [0.4, 0.5) is 5.69 Å². The maximum absolute atomic E-state index is 14.6. The molecular weight excluding hydrogens is 709 g/mol. The second-order valence-corrected chi connectivity index (χ2v) is 14.6. The van der Waals surface area contributed by atoms with Crippen molar-refractivity contribution in [1.29, 1.82) is 0 Å². The van der Waals surface area contributed by atoms with E-state index in [2.05, 4.69) is 21.2 Å². The van der Waals surface area contributed by atoms with Crippen LogP contribution >= 0.6 is 39.1 Å². The van der Waals surface area contributed by atoms with E-state index >= 15 is 0 Å². The van der Waals surface area contributed by atoms with Crippen molar-refractivity contribution in [2.45, 2.75) is 57.1 Å². The largest absolute Gasteiger partial charge is 0.352 e. The van der Waals surface area contributed by atoms with Gasteiger partial charge in [0.1, 0.15) is 12.6 Å². The SMILES string of the molecule is CC[C@H](C)NC(=O)[C@H](Cc1ccccc1)N(Cc1c(Cl)cccc1Cl)C(=O)CN(c1cccc(Br)c1)S(=O)(=O)c1ccc(C)cc1. The van der Waals surface area contributed by atoms with E-state index in [1.165, 1.54) is 17.0 Å². The van der Waals surface area contributed by atoms with E-state index < -0.39 is 28.5 Å². The molecule has 0 aromatic heterocycles. The molecule has 7 nitrogen and oxygen atoms in total. The number of carbonyl (C=O) groups excluding carboxylic acids is 2. The fraction of sp³-hybridized carbons (Fsp3) is 0.257. The smallest absolute Gasteiger partial charge is 0.264 e. The van der Waals surface area contributed by atoms with Crippen LogP contribution in [0.3, 0.4) is 0 Å².